The lowest BCUT2D eigenvalue weighted by molar-refractivity contribution is -0.138. The molecule has 0 unspecified atom stereocenters. The molecule has 0 bridgehead atoms. The number of hydrogen-bond donors (Lipinski definition) is 2. The maximum Gasteiger partial charge on any atom is 0.419 e. The van der Waals surface area contributed by atoms with Gasteiger partial charge >= 0.3 is 12.3 Å². The molecule has 0 saturated carbocycles. The van der Waals surface area contributed by atoms with Gasteiger partial charge in [-0.3, -0.25) is 0 Å². The normalized spacial score (nSPS) is 19.6. The smallest absolute Gasteiger partial charge is 0.419 e. The Bertz CT molecular complexity index is 864. The van der Waals surface area contributed by atoms with E-state index < -0.39 is 17.8 Å². The summed E-state index contributed by atoms with van der Waals surface area (Å²) in [4.78, 5) is 19.7. The third kappa shape index (κ3) is 4.48. The summed E-state index contributed by atoms with van der Waals surface area (Å²) in [6.45, 7) is 1.14. The molecule has 1 saturated heterocycles. The van der Waals surface area contributed by atoms with E-state index >= 15 is 0 Å². The highest BCUT2D eigenvalue weighted by Gasteiger charge is 2.34. The van der Waals surface area contributed by atoms with Crippen LogP contribution in [0.25, 0.3) is 0 Å². The van der Waals surface area contributed by atoms with Gasteiger partial charge in [0.1, 0.15) is 0 Å². The molecule has 1 aliphatic rings. The number of anilines is 1. The number of carboxylic acid groups (broad SMARTS) is 1. The Morgan fingerprint density at radius 3 is 2.46 bits per heavy atom. The van der Waals surface area contributed by atoms with Crippen LogP contribution in [0.2, 0.25) is 10.0 Å². The van der Waals surface area contributed by atoms with E-state index in [1.807, 2.05) is 6.07 Å². The zero-order chi connectivity index (χ0) is 20.5. The van der Waals surface area contributed by atoms with E-state index in [1.165, 1.54) is 0 Å². The molecule has 2 aromatic rings. The molecule has 6 nitrogen and oxygen atoms in total. The number of aromatic nitrogens is 2. The summed E-state index contributed by atoms with van der Waals surface area (Å²) in [7, 11) is 0. The number of halogens is 5. The van der Waals surface area contributed by atoms with Crippen molar-refractivity contribution < 1.29 is 23.1 Å². The predicted molar refractivity (Wildman–Crippen MR) is 98.0 cm³/mol. The van der Waals surface area contributed by atoms with Gasteiger partial charge in [0.2, 0.25) is 5.95 Å². The Morgan fingerprint density at radius 1 is 1.21 bits per heavy atom. The first kappa shape index (κ1) is 20.6. The Morgan fingerprint density at radius 2 is 1.89 bits per heavy atom. The van der Waals surface area contributed by atoms with E-state index in [2.05, 4.69) is 15.3 Å². The van der Waals surface area contributed by atoms with E-state index in [9.17, 15) is 23.1 Å². The van der Waals surface area contributed by atoms with Crippen LogP contribution in [-0.4, -0.2) is 40.8 Å². The first-order chi connectivity index (χ1) is 13.2. The van der Waals surface area contributed by atoms with Crippen molar-refractivity contribution >= 4 is 35.2 Å². The zero-order valence-electron chi connectivity index (χ0n) is 14.2. The monoisotopic (exact) mass is 434 g/mol. The van der Waals surface area contributed by atoms with Gasteiger partial charge in [0, 0.05) is 37.9 Å². The molecular formula is C17H15Cl2F3N4O2. The van der Waals surface area contributed by atoms with Crippen LogP contribution in [0.15, 0.2) is 30.6 Å². The van der Waals surface area contributed by atoms with Gasteiger partial charge in [-0.1, -0.05) is 29.3 Å². The van der Waals surface area contributed by atoms with Crippen molar-refractivity contribution in [1.82, 2.24) is 15.3 Å². The molecule has 0 aliphatic carbocycles. The van der Waals surface area contributed by atoms with Crippen LogP contribution in [-0.2, 0) is 6.18 Å². The number of nitrogens with one attached hydrogen (secondary N) is 1. The summed E-state index contributed by atoms with van der Waals surface area (Å²) in [6, 6.07) is 5.22. The number of amides is 1. The van der Waals surface area contributed by atoms with Crippen LogP contribution in [0, 0.1) is 5.92 Å². The van der Waals surface area contributed by atoms with Crippen LogP contribution >= 0.6 is 23.2 Å². The Balaban J connectivity index is 1.81. The lowest BCUT2D eigenvalue weighted by atomic mass is 9.88. The van der Waals surface area contributed by atoms with Crippen molar-refractivity contribution in [3.05, 3.63) is 51.8 Å². The molecule has 0 radical (unpaired) electrons. The van der Waals surface area contributed by atoms with E-state index in [4.69, 9.17) is 23.2 Å². The molecule has 2 N–H and O–H groups in total. The van der Waals surface area contributed by atoms with Crippen LogP contribution in [0.3, 0.4) is 0 Å². The molecule has 11 heteroatoms. The van der Waals surface area contributed by atoms with E-state index in [-0.39, 0.29) is 24.3 Å². The number of rotatable bonds is 4. The first-order valence-corrected chi connectivity index (χ1v) is 8.97. The topological polar surface area (TPSA) is 78.4 Å². The van der Waals surface area contributed by atoms with E-state index in [0.717, 1.165) is 10.5 Å². The molecule has 1 fully saturated rings. The molecule has 1 amide bonds. The highest BCUT2D eigenvalue weighted by atomic mass is 35.5. The van der Waals surface area contributed by atoms with Gasteiger partial charge < -0.3 is 10.4 Å². The highest BCUT2D eigenvalue weighted by Crippen LogP contribution is 2.34. The average molecular weight is 435 g/mol. The van der Waals surface area contributed by atoms with Crippen molar-refractivity contribution in [3.8, 4) is 0 Å². The lowest BCUT2D eigenvalue weighted by Crippen LogP contribution is -2.37. The average Bonchev–Trinajstić information content (AvgIpc) is 3.09. The molecule has 1 aliphatic heterocycles. The second kappa shape index (κ2) is 8.10. The number of nitrogens with zero attached hydrogens (tertiary/aromatic N) is 3. The SMILES string of the molecule is O=C(O)N(C[C@H]1CNC[C@@H]1c1ccc(Cl)c(Cl)c1)c1ncc(C(F)(F)F)cn1. The quantitative estimate of drug-likeness (QED) is 0.750. The van der Waals surface area contributed by atoms with Crippen molar-refractivity contribution in [3.63, 3.8) is 0 Å². The number of hydrogen-bond acceptors (Lipinski definition) is 4. The summed E-state index contributed by atoms with van der Waals surface area (Å²) in [6.07, 6.45) is -4.80. The highest BCUT2D eigenvalue weighted by molar-refractivity contribution is 6.42. The second-order valence-corrected chi connectivity index (χ2v) is 7.18. The van der Waals surface area contributed by atoms with Crippen molar-refractivity contribution in [2.45, 2.75) is 12.1 Å². The van der Waals surface area contributed by atoms with Gasteiger partial charge in [-0.05, 0) is 23.6 Å². The minimum Gasteiger partial charge on any atom is -0.465 e. The summed E-state index contributed by atoms with van der Waals surface area (Å²) in [5.41, 5.74) is -0.152. The standard InChI is InChI=1S/C17H15Cl2F3N4O2/c18-13-2-1-9(3-14(13)19)12-7-23-4-10(12)8-26(16(27)28)15-24-5-11(6-25-15)17(20,21)22/h1-3,5-6,10,12,23H,4,7-8H2,(H,27,28)/t10-,12-/m1/s1. The molecule has 3 rings (SSSR count). The third-order valence-corrected chi connectivity index (χ3v) is 5.31. The predicted octanol–water partition coefficient (Wildman–Crippen LogP) is 4.29. The van der Waals surface area contributed by atoms with E-state index in [1.54, 1.807) is 12.1 Å². The Kier molecular flexibility index (Phi) is 5.97. The minimum absolute atomic E-state index is 0.0125. The molecule has 28 heavy (non-hydrogen) atoms. The lowest BCUT2D eigenvalue weighted by Gasteiger charge is -2.25. The fourth-order valence-electron chi connectivity index (χ4n) is 3.14. The third-order valence-electron chi connectivity index (χ3n) is 4.57. The number of alkyl halides is 3. The van der Waals surface area contributed by atoms with Gasteiger partial charge in [-0.25, -0.2) is 19.7 Å². The molecule has 1 aromatic heterocycles. The number of carbonyl (C=O) groups is 1. The summed E-state index contributed by atoms with van der Waals surface area (Å²) in [5, 5.41) is 13.5. The van der Waals surface area contributed by atoms with Crippen LogP contribution in [0.1, 0.15) is 17.0 Å². The van der Waals surface area contributed by atoms with Gasteiger partial charge in [0.25, 0.3) is 0 Å². The molecular weight excluding hydrogens is 420 g/mol. The molecule has 0 spiro atoms. The van der Waals surface area contributed by atoms with Gasteiger partial charge in [0.15, 0.2) is 0 Å². The van der Waals surface area contributed by atoms with Crippen LogP contribution < -0.4 is 10.2 Å². The minimum atomic E-state index is -4.60. The van der Waals surface area contributed by atoms with Crippen molar-refractivity contribution in [2.24, 2.45) is 5.92 Å². The van der Waals surface area contributed by atoms with Crippen molar-refractivity contribution in [2.75, 3.05) is 24.5 Å². The fourth-order valence-corrected chi connectivity index (χ4v) is 3.45. The largest absolute Gasteiger partial charge is 0.465 e. The Labute approximate surface area is 168 Å². The number of benzene rings is 1. The second-order valence-electron chi connectivity index (χ2n) is 6.36. The zero-order valence-corrected chi connectivity index (χ0v) is 15.8. The van der Waals surface area contributed by atoms with Crippen LogP contribution in [0.4, 0.5) is 23.9 Å². The van der Waals surface area contributed by atoms with Gasteiger partial charge in [0.05, 0.1) is 15.6 Å². The summed E-state index contributed by atoms with van der Waals surface area (Å²) < 4.78 is 38.0. The molecule has 1 aromatic carbocycles. The fraction of sp³-hybridized carbons (Fsp3) is 0.353. The summed E-state index contributed by atoms with van der Waals surface area (Å²) >= 11 is 12.0. The first-order valence-electron chi connectivity index (χ1n) is 8.22. The van der Waals surface area contributed by atoms with Crippen molar-refractivity contribution in [1.29, 1.82) is 0 Å². The maximum atomic E-state index is 12.7. The van der Waals surface area contributed by atoms with Gasteiger partial charge in [-0.15, -0.1) is 0 Å². The maximum absolute atomic E-state index is 12.7. The van der Waals surface area contributed by atoms with E-state index in [0.29, 0.717) is 35.5 Å². The van der Waals surface area contributed by atoms with Gasteiger partial charge in [-0.2, -0.15) is 13.2 Å². The molecule has 150 valence electrons. The summed E-state index contributed by atoms with van der Waals surface area (Å²) in [5.74, 6) is -0.509. The van der Waals surface area contributed by atoms with Crippen LogP contribution in [0.5, 0.6) is 0 Å². The molecule has 2 atom stereocenters. The molecule has 2 heterocycles. The Hall–Kier alpha value is -2.10.